The van der Waals surface area contributed by atoms with E-state index >= 15 is 0 Å². The first kappa shape index (κ1) is 13.3. The number of hydrogen-bond donors (Lipinski definition) is 2. The predicted octanol–water partition coefficient (Wildman–Crippen LogP) is 0.861. The van der Waals surface area contributed by atoms with Gasteiger partial charge in [-0.3, -0.25) is 9.59 Å². The molecular formula is C13H21NO4. The van der Waals surface area contributed by atoms with Crippen molar-refractivity contribution in [2.45, 2.75) is 44.6 Å². The van der Waals surface area contributed by atoms with E-state index in [0.29, 0.717) is 32.4 Å². The molecule has 18 heavy (non-hydrogen) atoms. The molecule has 102 valence electrons. The van der Waals surface area contributed by atoms with Crippen molar-refractivity contribution in [1.29, 1.82) is 0 Å². The van der Waals surface area contributed by atoms with Crippen molar-refractivity contribution in [2.75, 3.05) is 13.1 Å². The van der Waals surface area contributed by atoms with Crippen LogP contribution in [0.15, 0.2) is 0 Å². The minimum atomic E-state index is -0.795. The molecule has 1 saturated heterocycles. The van der Waals surface area contributed by atoms with E-state index < -0.39 is 11.6 Å². The van der Waals surface area contributed by atoms with Crippen LogP contribution in [0.25, 0.3) is 0 Å². The summed E-state index contributed by atoms with van der Waals surface area (Å²) in [6.07, 6.45) is 3.24. The number of aliphatic carboxylic acids is 1. The third-order valence-electron chi connectivity index (χ3n) is 4.12. The first-order valence-corrected chi connectivity index (χ1v) is 6.63. The number of carbonyl (C=O) groups excluding carboxylic acids is 1. The van der Waals surface area contributed by atoms with Gasteiger partial charge in [0.15, 0.2) is 0 Å². The number of aliphatic hydroxyl groups is 1. The maximum absolute atomic E-state index is 12.3. The lowest BCUT2D eigenvalue weighted by Crippen LogP contribution is -2.50. The molecule has 0 spiro atoms. The van der Waals surface area contributed by atoms with Crippen LogP contribution in [0.4, 0.5) is 0 Å². The van der Waals surface area contributed by atoms with Gasteiger partial charge in [0.1, 0.15) is 0 Å². The van der Waals surface area contributed by atoms with Crippen LogP contribution in [0, 0.1) is 11.8 Å². The Morgan fingerprint density at radius 2 is 1.94 bits per heavy atom. The highest BCUT2D eigenvalue weighted by atomic mass is 16.4. The maximum Gasteiger partial charge on any atom is 0.306 e. The summed E-state index contributed by atoms with van der Waals surface area (Å²) in [6.45, 7) is 2.81. The summed E-state index contributed by atoms with van der Waals surface area (Å²) < 4.78 is 0. The van der Waals surface area contributed by atoms with Crippen LogP contribution in [0.3, 0.4) is 0 Å². The first-order valence-electron chi connectivity index (χ1n) is 6.63. The molecule has 1 aliphatic carbocycles. The second-order valence-electron chi connectivity index (χ2n) is 5.91. The smallest absolute Gasteiger partial charge is 0.306 e. The monoisotopic (exact) mass is 255 g/mol. The van der Waals surface area contributed by atoms with Crippen molar-refractivity contribution < 1.29 is 19.8 Å². The minimum Gasteiger partial charge on any atom is -0.481 e. The molecular weight excluding hydrogens is 234 g/mol. The Kier molecular flexibility index (Phi) is 3.61. The van der Waals surface area contributed by atoms with E-state index in [2.05, 4.69) is 0 Å². The van der Waals surface area contributed by atoms with Crippen LogP contribution in [0.2, 0.25) is 0 Å². The van der Waals surface area contributed by atoms with E-state index in [9.17, 15) is 14.7 Å². The molecule has 2 aliphatic rings. The Morgan fingerprint density at radius 1 is 1.28 bits per heavy atom. The summed E-state index contributed by atoms with van der Waals surface area (Å²) in [5, 5.41) is 18.9. The van der Waals surface area contributed by atoms with Crippen LogP contribution in [-0.4, -0.2) is 45.7 Å². The van der Waals surface area contributed by atoms with Gasteiger partial charge in [-0.1, -0.05) is 0 Å². The fourth-order valence-corrected chi connectivity index (χ4v) is 3.10. The fourth-order valence-electron chi connectivity index (χ4n) is 3.10. The molecule has 3 unspecified atom stereocenters. The highest BCUT2D eigenvalue weighted by Gasteiger charge is 2.38. The Bertz CT molecular complexity index is 353. The zero-order valence-electron chi connectivity index (χ0n) is 10.8. The topological polar surface area (TPSA) is 77.8 Å². The highest BCUT2D eigenvalue weighted by Crippen LogP contribution is 2.33. The van der Waals surface area contributed by atoms with Crippen molar-refractivity contribution >= 4 is 11.9 Å². The number of rotatable bonds is 2. The fraction of sp³-hybridized carbons (Fsp3) is 0.846. The first-order chi connectivity index (χ1) is 8.39. The number of carbonyl (C=O) groups is 2. The Balaban J connectivity index is 1.94. The summed E-state index contributed by atoms with van der Waals surface area (Å²) in [7, 11) is 0. The molecule has 5 nitrogen and oxygen atoms in total. The van der Waals surface area contributed by atoms with Crippen LogP contribution in [0.1, 0.15) is 39.0 Å². The van der Waals surface area contributed by atoms with Crippen molar-refractivity contribution in [3.63, 3.8) is 0 Å². The lowest BCUT2D eigenvalue weighted by molar-refractivity contribution is -0.143. The predicted molar refractivity (Wildman–Crippen MR) is 64.9 cm³/mol. The number of amides is 1. The van der Waals surface area contributed by atoms with Gasteiger partial charge in [0.25, 0.3) is 0 Å². The van der Waals surface area contributed by atoms with Crippen molar-refractivity contribution in [3.8, 4) is 0 Å². The maximum atomic E-state index is 12.3. The van der Waals surface area contributed by atoms with Crippen LogP contribution in [-0.2, 0) is 9.59 Å². The molecule has 1 heterocycles. The molecule has 1 aliphatic heterocycles. The number of carboxylic acid groups (broad SMARTS) is 1. The highest BCUT2D eigenvalue weighted by molar-refractivity contribution is 5.81. The van der Waals surface area contributed by atoms with Gasteiger partial charge in [-0.25, -0.2) is 0 Å². The largest absolute Gasteiger partial charge is 0.481 e. The minimum absolute atomic E-state index is 0.0266. The van der Waals surface area contributed by atoms with E-state index in [1.54, 1.807) is 11.8 Å². The van der Waals surface area contributed by atoms with Crippen molar-refractivity contribution in [3.05, 3.63) is 0 Å². The third kappa shape index (κ3) is 2.83. The molecule has 0 bridgehead atoms. The van der Waals surface area contributed by atoms with Gasteiger partial charge >= 0.3 is 5.97 Å². The van der Waals surface area contributed by atoms with Crippen LogP contribution >= 0.6 is 0 Å². The van der Waals surface area contributed by atoms with Gasteiger partial charge in [-0.05, 0) is 39.0 Å². The lowest BCUT2D eigenvalue weighted by atomic mass is 9.93. The molecule has 2 rings (SSSR count). The Labute approximate surface area is 107 Å². The molecule has 0 aromatic carbocycles. The molecule has 1 amide bonds. The number of carboxylic acids is 1. The SMILES string of the molecule is CC1(O)CCCN(C(=O)C2CCC(C(=O)O)C2)C1. The second-order valence-corrected chi connectivity index (χ2v) is 5.91. The van der Waals surface area contributed by atoms with Gasteiger partial charge in [-0.15, -0.1) is 0 Å². The normalized spacial score (nSPS) is 36.7. The van der Waals surface area contributed by atoms with E-state index in [4.69, 9.17) is 5.11 Å². The summed E-state index contributed by atoms with van der Waals surface area (Å²) in [5.41, 5.74) is -0.793. The van der Waals surface area contributed by atoms with Gasteiger partial charge in [-0.2, -0.15) is 0 Å². The summed E-state index contributed by atoms with van der Waals surface area (Å²) >= 11 is 0. The molecule has 0 aromatic heterocycles. The van der Waals surface area contributed by atoms with E-state index in [1.807, 2.05) is 0 Å². The van der Waals surface area contributed by atoms with E-state index in [1.165, 1.54) is 0 Å². The summed E-state index contributed by atoms with van der Waals surface area (Å²) in [5.74, 6) is -1.31. The number of hydrogen-bond acceptors (Lipinski definition) is 3. The molecule has 3 atom stereocenters. The quantitative estimate of drug-likeness (QED) is 0.767. The molecule has 1 saturated carbocycles. The Morgan fingerprint density at radius 3 is 2.50 bits per heavy atom. The number of piperidine rings is 1. The molecule has 0 radical (unpaired) electrons. The number of nitrogens with zero attached hydrogens (tertiary/aromatic N) is 1. The van der Waals surface area contributed by atoms with Crippen molar-refractivity contribution in [2.24, 2.45) is 11.8 Å². The van der Waals surface area contributed by atoms with E-state index in [-0.39, 0.29) is 17.7 Å². The zero-order valence-corrected chi connectivity index (χ0v) is 10.8. The van der Waals surface area contributed by atoms with Gasteiger partial charge in [0, 0.05) is 19.0 Å². The molecule has 0 aromatic rings. The Hall–Kier alpha value is -1.10. The summed E-state index contributed by atoms with van der Waals surface area (Å²) in [6, 6.07) is 0. The lowest BCUT2D eigenvalue weighted by Gasteiger charge is -2.38. The number of β-amino-alcohol motifs (C(OH)–C–C–N with tert-alkyl or cyclic N) is 1. The molecule has 2 fully saturated rings. The van der Waals surface area contributed by atoms with Crippen LogP contribution in [0.5, 0.6) is 0 Å². The standard InChI is InChI=1S/C13H21NO4/c1-13(18)5-2-6-14(8-13)11(15)9-3-4-10(7-9)12(16)17/h9-10,18H,2-8H2,1H3,(H,16,17). The van der Waals surface area contributed by atoms with Gasteiger partial charge < -0.3 is 15.1 Å². The van der Waals surface area contributed by atoms with Crippen molar-refractivity contribution in [1.82, 2.24) is 4.90 Å². The third-order valence-corrected chi connectivity index (χ3v) is 4.12. The summed E-state index contributed by atoms with van der Waals surface area (Å²) in [4.78, 5) is 24.9. The molecule has 5 heteroatoms. The van der Waals surface area contributed by atoms with Gasteiger partial charge in [0.05, 0.1) is 11.5 Å². The second kappa shape index (κ2) is 4.88. The zero-order chi connectivity index (χ0) is 13.3. The molecule has 2 N–H and O–H groups in total. The average molecular weight is 255 g/mol. The number of likely N-dealkylation sites (tertiary alicyclic amines) is 1. The van der Waals surface area contributed by atoms with Crippen LogP contribution < -0.4 is 0 Å². The van der Waals surface area contributed by atoms with E-state index in [0.717, 1.165) is 12.8 Å². The average Bonchev–Trinajstić information content (AvgIpc) is 2.76. The van der Waals surface area contributed by atoms with Gasteiger partial charge in [0.2, 0.25) is 5.91 Å².